The first-order valence-corrected chi connectivity index (χ1v) is 9.47. The van der Waals surface area contributed by atoms with Gasteiger partial charge in [0.25, 0.3) is 11.7 Å². The average molecular weight is 425 g/mol. The molecule has 7 heteroatoms. The van der Waals surface area contributed by atoms with E-state index in [9.17, 15) is 14.7 Å². The van der Waals surface area contributed by atoms with Crippen LogP contribution in [-0.2, 0) is 9.59 Å². The third kappa shape index (κ3) is 3.70. The molecular formula is C20H16Cl3NO3. The van der Waals surface area contributed by atoms with E-state index in [1.54, 1.807) is 30.3 Å². The molecule has 1 unspecified atom stereocenters. The Labute approximate surface area is 171 Å². The molecule has 0 bridgehead atoms. The molecule has 1 amide bonds. The number of ketones is 1. The standard InChI is InChI=1S/C20H16Cl3NO3/c1-2-9-24-17(11-3-6-13(21)7-4-11)16(19(26)20(24)27)18(25)12-5-8-14(22)15(23)10-12/h3-8,10,17,25H,2,9H2,1H3/b18-16-. The first-order chi connectivity index (χ1) is 12.8. The van der Waals surface area contributed by atoms with E-state index in [0.29, 0.717) is 34.1 Å². The summed E-state index contributed by atoms with van der Waals surface area (Å²) in [6, 6.07) is 10.7. The number of hydrogen-bond acceptors (Lipinski definition) is 3. The van der Waals surface area contributed by atoms with E-state index in [4.69, 9.17) is 34.8 Å². The summed E-state index contributed by atoms with van der Waals surface area (Å²) in [5, 5.41) is 12.0. The molecule has 0 radical (unpaired) electrons. The van der Waals surface area contributed by atoms with Gasteiger partial charge in [0.15, 0.2) is 0 Å². The molecule has 1 atom stereocenters. The summed E-state index contributed by atoms with van der Waals surface area (Å²) in [6.45, 7) is 2.30. The quantitative estimate of drug-likeness (QED) is 0.402. The van der Waals surface area contributed by atoms with Crippen LogP contribution in [0.4, 0.5) is 0 Å². The summed E-state index contributed by atoms with van der Waals surface area (Å²) in [6.07, 6.45) is 0.671. The van der Waals surface area contributed by atoms with E-state index in [1.807, 2.05) is 6.92 Å². The molecule has 2 aromatic rings. The number of Topliss-reactive ketones (excluding diaryl/α,β-unsaturated/α-hetero) is 1. The van der Waals surface area contributed by atoms with E-state index in [2.05, 4.69) is 0 Å². The van der Waals surface area contributed by atoms with Gasteiger partial charge in [0.05, 0.1) is 21.7 Å². The molecule has 1 heterocycles. The Morgan fingerprint density at radius 1 is 1.04 bits per heavy atom. The van der Waals surface area contributed by atoms with E-state index in [1.165, 1.54) is 17.0 Å². The number of aliphatic hydroxyl groups is 1. The van der Waals surface area contributed by atoms with Crippen LogP contribution in [0.1, 0.15) is 30.5 Å². The lowest BCUT2D eigenvalue weighted by molar-refractivity contribution is -0.139. The second-order valence-electron chi connectivity index (χ2n) is 6.17. The molecule has 0 aromatic heterocycles. The van der Waals surface area contributed by atoms with Crippen LogP contribution >= 0.6 is 34.8 Å². The minimum atomic E-state index is -0.730. The largest absolute Gasteiger partial charge is 0.507 e. The normalized spacial score (nSPS) is 19.0. The third-order valence-electron chi connectivity index (χ3n) is 4.38. The number of aliphatic hydroxyl groups excluding tert-OH is 1. The van der Waals surface area contributed by atoms with Crippen molar-refractivity contribution in [3.05, 3.63) is 74.2 Å². The summed E-state index contributed by atoms with van der Waals surface area (Å²) in [5.41, 5.74) is 1.03. The lowest BCUT2D eigenvalue weighted by atomic mass is 9.95. The van der Waals surface area contributed by atoms with Crippen molar-refractivity contribution in [3.8, 4) is 0 Å². The number of amides is 1. The molecule has 0 saturated carbocycles. The number of carbonyl (C=O) groups excluding carboxylic acids is 2. The fourth-order valence-corrected chi connectivity index (χ4v) is 3.57. The van der Waals surface area contributed by atoms with Crippen LogP contribution in [0.2, 0.25) is 15.1 Å². The van der Waals surface area contributed by atoms with Crippen LogP contribution in [0.25, 0.3) is 5.76 Å². The van der Waals surface area contributed by atoms with Gasteiger partial charge in [-0.1, -0.05) is 53.9 Å². The number of halogens is 3. The number of nitrogens with zero attached hydrogens (tertiary/aromatic N) is 1. The van der Waals surface area contributed by atoms with Gasteiger partial charge >= 0.3 is 0 Å². The summed E-state index contributed by atoms with van der Waals surface area (Å²) in [7, 11) is 0. The van der Waals surface area contributed by atoms with Gasteiger partial charge < -0.3 is 10.0 Å². The summed E-state index contributed by atoms with van der Waals surface area (Å²) < 4.78 is 0. The van der Waals surface area contributed by atoms with Gasteiger partial charge in [0.1, 0.15) is 5.76 Å². The Bertz CT molecular complexity index is 938. The predicted molar refractivity (Wildman–Crippen MR) is 107 cm³/mol. The maximum absolute atomic E-state index is 12.7. The van der Waals surface area contributed by atoms with Gasteiger partial charge in [-0.05, 0) is 42.3 Å². The van der Waals surface area contributed by atoms with Crippen molar-refractivity contribution < 1.29 is 14.7 Å². The van der Waals surface area contributed by atoms with E-state index < -0.39 is 17.7 Å². The van der Waals surface area contributed by atoms with Gasteiger partial charge in [0, 0.05) is 17.1 Å². The van der Waals surface area contributed by atoms with Gasteiger partial charge in [0.2, 0.25) is 0 Å². The van der Waals surface area contributed by atoms with Crippen molar-refractivity contribution in [1.29, 1.82) is 0 Å². The van der Waals surface area contributed by atoms with Crippen molar-refractivity contribution >= 4 is 52.3 Å². The predicted octanol–water partition coefficient (Wildman–Crippen LogP) is 5.48. The van der Waals surface area contributed by atoms with Gasteiger partial charge in [-0.25, -0.2) is 0 Å². The van der Waals surface area contributed by atoms with Crippen LogP contribution in [0.5, 0.6) is 0 Å². The molecule has 2 aromatic carbocycles. The van der Waals surface area contributed by atoms with Crippen molar-refractivity contribution in [1.82, 2.24) is 4.90 Å². The van der Waals surface area contributed by atoms with Crippen LogP contribution in [0, 0.1) is 0 Å². The van der Waals surface area contributed by atoms with Crippen molar-refractivity contribution in [2.24, 2.45) is 0 Å². The molecule has 140 valence electrons. The zero-order chi connectivity index (χ0) is 19.7. The van der Waals surface area contributed by atoms with E-state index in [-0.39, 0.29) is 16.4 Å². The Kier molecular flexibility index (Phi) is 5.80. The second-order valence-corrected chi connectivity index (χ2v) is 7.42. The highest BCUT2D eigenvalue weighted by molar-refractivity contribution is 6.47. The molecular weight excluding hydrogens is 409 g/mol. The Balaban J connectivity index is 2.19. The van der Waals surface area contributed by atoms with Crippen molar-refractivity contribution in [3.63, 3.8) is 0 Å². The topological polar surface area (TPSA) is 57.6 Å². The SMILES string of the molecule is CCCN1C(=O)C(=O)/C(=C(\O)c2ccc(Cl)c(Cl)c2)C1c1ccc(Cl)cc1. The summed E-state index contributed by atoms with van der Waals surface area (Å²) in [4.78, 5) is 26.8. The van der Waals surface area contributed by atoms with Crippen molar-refractivity contribution in [2.75, 3.05) is 6.54 Å². The maximum atomic E-state index is 12.7. The molecule has 4 nitrogen and oxygen atoms in total. The van der Waals surface area contributed by atoms with Crippen LogP contribution < -0.4 is 0 Å². The number of benzene rings is 2. The molecule has 1 aliphatic heterocycles. The Morgan fingerprint density at radius 2 is 1.70 bits per heavy atom. The lowest BCUT2D eigenvalue weighted by Gasteiger charge is -2.25. The highest BCUT2D eigenvalue weighted by Crippen LogP contribution is 2.40. The molecule has 27 heavy (non-hydrogen) atoms. The number of likely N-dealkylation sites (tertiary alicyclic amines) is 1. The minimum absolute atomic E-state index is 0.0224. The number of rotatable bonds is 4. The molecule has 1 fully saturated rings. The minimum Gasteiger partial charge on any atom is -0.507 e. The Hall–Kier alpha value is -2.01. The first-order valence-electron chi connectivity index (χ1n) is 8.34. The second kappa shape index (κ2) is 7.93. The zero-order valence-corrected chi connectivity index (χ0v) is 16.6. The van der Waals surface area contributed by atoms with Crippen LogP contribution in [0.15, 0.2) is 48.0 Å². The molecule has 1 N–H and O–H groups in total. The fourth-order valence-electron chi connectivity index (χ4n) is 3.14. The third-order valence-corrected chi connectivity index (χ3v) is 5.37. The lowest BCUT2D eigenvalue weighted by Crippen LogP contribution is -2.30. The molecule has 1 aliphatic rings. The summed E-state index contributed by atoms with van der Waals surface area (Å²) in [5.74, 6) is -1.66. The van der Waals surface area contributed by atoms with Crippen LogP contribution in [0.3, 0.4) is 0 Å². The number of carbonyl (C=O) groups is 2. The van der Waals surface area contributed by atoms with Gasteiger partial charge in [-0.15, -0.1) is 0 Å². The highest BCUT2D eigenvalue weighted by Gasteiger charge is 2.45. The number of hydrogen-bond donors (Lipinski definition) is 1. The molecule has 3 rings (SSSR count). The van der Waals surface area contributed by atoms with E-state index >= 15 is 0 Å². The van der Waals surface area contributed by atoms with Crippen molar-refractivity contribution in [2.45, 2.75) is 19.4 Å². The average Bonchev–Trinajstić information content (AvgIpc) is 2.89. The molecule has 0 aliphatic carbocycles. The fraction of sp³-hybridized carbons (Fsp3) is 0.200. The van der Waals surface area contributed by atoms with E-state index in [0.717, 1.165) is 0 Å². The smallest absolute Gasteiger partial charge is 0.295 e. The summed E-state index contributed by atoms with van der Waals surface area (Å²) >= 11 is 17.9. The first kappa shape index (κ1) is 19.7. The van der Waals surface area contributed by atoms with Gasteiger partial charge in [-0.3, -0.25) is 9.59 Å². The molecule has 1 saturated heterocycles. The van der Waals surface area contributed by atoms with Gasteiger partial charge in [-0.2, -0.15) is 0 Å². The monoisotopic (exact) mass is 423 g/mol. The Morgan fingerprint density at radius 3 is 2.30 bits per heavy atom. The van der Waals surface area contributed by atoms with Crippen LogP contribution in [-0.4, -0.2) is 28.2 Å². The zero-order valence-electron chi connectivity index (χ0n) is 14.4. The highest BCUT2D eigenvalue weighted by atomic mass is 35.5. The molecule has 0 spiro atoms. The maximum Gasteiger partial charge on any atom is 0.295 e.